The summed E-state index contributed by atoms with van der Waals surface area (Å²) in [5, 5.41) is 4.65. The van der Waals surface area contributed by atoms with E-state index < -0.39 is 10.0 Å². The molecule has 142 valence electrons. The number of sulfonamides is 1. The van der Waals surface area contributed by atoms with Gasteiger partial charge in [-0.1, -0.05) is 13.0 Å². The molecule has 3 aromatic heterocycles. The molecule has 0 aromatic carbocycles. The van der Waals surface area contributed by atoms with Gasteiger partial charge < -0.3 is 0 Å². The Morgan fingerprint density at radius 3 is 2.89 bits per heavy atom. The van der Waals surface area contributed by atoms with Crippen LogP contribution in [0.5, 0.6) is 0 Å². The average molecular weight is 385 g/mol. The third kappa shape index (κ3) is 3.72. The van der Waals surface area contributed by atoms with Crippen molar-refractivity contribution in [1.82, 2.24) is 23.9 Å². The van der Waals surface area contributed by atoms with Crippen molar-refractivity contribution in [1.29, 1.82) is 0 Å². The molecule has 1 saturated heterocycles. The van der Waals surface area contributed by atoms with E-state index in [1.807, 2.05) is 43.6 Å². The van der Waals surface area contributed by atoms with Crippen molar-refractivity contribution in [3.8, 4) is 11.1 Å². The SMILES string of the molecule is CCCS(=O)(=O)N1CCC[C@H](c2nc3ccc(-c4cccnc4)cn3n2)C1. The maximum absolute atomic E-state index is 12.4. The molecule has 8 heteroatoms. The maximum atomic E-state index is 12.4. The van der Waals surface area contributed by atoms with Gasteiger partial charge >= 0.3 is 0 Å². The summed E-state index contributed by atoms with van der Waals surface area (Å²) in [5.74, 6) is 0.953. The molecule has 0 saturated carbocycles. The molecule has 7 nitrogen and oxygen atoms in total. The zero-order valence-corrected chi connectivity index (χ0v) is 16.1. The van der Waals surface area contributed by atoms with Gasteiger partial charge in [-0.25, -0.2) is 22.2 Å². The van der Waals surface area contributed by atoms with Gasteiger partial charge in [-0.15, -0.1) is 0 Å². The lowest BCUT2D eigenvalue weighted by Crippen LogP contribution is -2.40. The minimum absolute atomic E-state index is 0.0344. The molecule has 27 heavy (non-hydrogen) atoms. The van der Waals surface area contributed by atoms with Gasteiger partial charge in [0.2, 0.25) is 10.0 Å². The number of rotatable bonds is 5. The molecule has 1 fully saturated rings. The van der Waals surface area contributed by atoms with Gasteiger partial charge in [0.15, 0.2) is 11.5 Å². The van der Waals surface area contributed by atoms with E-state index in [1.165, 1.54) is 0 Å². The Labute approximate surface area is 159 Å². The Morgan fingerprint density at radius 2 is 2.11 bits per heavy atom. The van der Waals surface area contributed by atoms with E-state index in [-0.39, 0.29) is 11.7 Å². The topological polar surface area (TPSA) is 80.5 Å². The maximum Gasteiger partial charge on any atom is 0.214 e. The van der Waals surface area contributed by atoms with Crippen LogP contribution in [-0.4, -0.2) is 51.1 Å². The largest absolute Gasteiger partial charge is 0.264 e. The lowest BCUT2D eigenvalue weighted by molar-refractivity contribution is 0.309. The zero-order valence-electron chi connectivity index (χ0n) is 15.3. The minimum atomic E-state index is -3.18. The van der Waals surface area contributed by atoms with Crippen molar-refractivity contribution >= 4 is 15.7 Å². The summed E-state index contributed by atoms with van der Waals surface area (Å²) in [6.45, 7) is 2.95. The Bertz CT molecular complexity index is 1030. The highest BCUT2D eigenvalue weighted by Gasteiger charge is 2.31. The number of hydrogen-bond acceptors (Lipinski definition) is 5. The van der Waals surface area contributed by atoms with E-state index in [0.29, 0.717) is 19.5 Å². The van der Waals surface area contributed by atoms with Gasteiger partial charge in [-0.2, -0.15) is 5.10 Å². The number of fused-ring (bicyclic) bond motifs is 1. The van der Waals surface area contributed by atoms with Crippen molar-refractivity contribution in [2.75, 3.05) is 18.8 Å². The summed E-state index contributed by atoms with van der Waals surface area (Å²) in [6.07, 6.45) is 7.88. The fraction of sp³-hybridized carbons (Fsp3) is 0.421. The third-order valence-corrected chi connectivity index (χ3v) is 6.99. The summed E-state index contributed by atoms with van der Waals surface area (Å²) in [6, 6.07) is 7.85. The molecule has 1 aliphatic heterocycles. The molecule has 0 spiro atoms. The monoisotopic (exact) mass is 385 g/mol. The van der Waals surface area contributed by atoms with Crippen molar-refractivity contribution in [2.24, 2.45) is 0 Å². The van der Waals surface area contributed by atoms with Gasteiger partial charge in [-0.3, -0.25) is 4.98 Å². The third-order valence-electron chi connectivity index (χ3n) is 4.95. The molecular formula is C19H23N5O2S. The Balaban J connectivity index is 1.60. The Morgan fingerprint density at radius 1 is 1.22 bits per heavy atom. The molecule has 0 radical (unpaired) electrons. The average Bonchev–Trinajstić information content (AvgIpc) is 3.12. The van der Waals surface area contributed by atoms with Crippen LogP contribution in [0.25, 0.3) is 16.8 Å². The minimum Gasteiger partial charge on any atom is -0.264 e. The first-order valence-corrected chi connectivity index (χ1v) is 10.9. The molecular weight excluding hydrogens is 362 g/mol. The molecule has 0 amide bonds. The number of hydrogen-bond donors (Lipinski definition) is 0. The van der Waals surface area contributed by atoms with Gasteiger partial charge in [0.1, 0.15) is 0 Å². The molecule has 3 aromatic rings. The van der Waals surface area contributed by atoms with E-state index in [9.17, 15) is 8.42 Å². The first-order chi connectivity index (χ1) is 13.1. The molecule has 1 atom stereocenters. The van der Waals surface area contributed by atoms with Crippen LogP contribution in [0.2, 0.25) is 0 Å². The molecule has 1 aliphatic rings. The van der Waals surface area contributed by atoms with E-state index in [2.05, 4.69) is 15.1 Å². The number of pyridine rings is 2. The summed E-state index contributed by atoms with van der Waals surface area (Å²) in [4.78, 5) is 8.81. The molecule has 0 bridgehead atoms. The molecule has 0 unspecified atom stereocenters. The highest BCUT2D eigenvalue weighted by molar-refractivity contribution is 7.89. The Hall–Kier alpha value is -2.32. The van der Waals surface area contributed by atoms with Crippen LogP contribution >= 0.6 is 0 Å². The second-order valence-corrected chi connectivity index (χ2v) is 9.03. The van der Waals surface area contributed by atoms with Gasteiger partial charge in [0.05, 0.1) is 5.75 Å². The van der Waals surface area contributed by atoms with Crippen molar-refractivity contribution < 1.29 is 8.42 Å². The number of piperidine rings is 1. The van der Waals surface area contributed by atoms with Crippen molar-refractivity contribution in [3.63, 3.8) is 0 Å². The van der Waals surface area contributed by atoms with Gasteiger partial charge in [0.25, 0.3) is 0 Å². The standard InChI is InChI=1S/C19H23N5O2S/c1-2-11-27(25,26)23-10-4-6-17(13-23)19-21-18-8-7-16(14-24(18)22-19)15-5-3-9-20-12-15/h3,5,7-9,12,14,17H,2,4,6,10-11,13H2,1H3/t17-/m0/s1. The van der Waals surface area contributed by atoms with Crippen LogP contribution in [0, 0.1) is 0 Å². The normalized spacial score (nSPS) is 18.8. The van der Waals surface area contributed by atoms with Crippen LogP contribution < -0.4 is 0 Å². The van der Waals surface area contributed by atoms with E-state index >= 15 is 0 Å². The van der Waals surface area contributed by atoms with Gasteiger partial charge in [0, 0.05) is 48.7 Å². The lowest BCUT2D eigenvalue weighted by atomic mass is 9.99. The fourth-order valence-electron chi connectivity index (χ4n) is 3.57. The highest BCUT2D eigenvalue weighted by atomic mass is 32.2. The predicted octanol–water partition coefficient (Wildman–Crippen LogP) is 2.71. The van der Waals surface area contributed by atoms with Crippen LogP contribution in [-0.2, 0) is 10.0 Å². The highest BCUT2D eigenvalue weighted by Crippen LogP contribution is 2.27. The summed E-state index contributed by atoms with van der Waals surface area (Å²) >= 11 is 0. The first-order valence-electron chi connectivity index (χ1n) is 9.31. The summed E-state index contributed by atoms with van der Waals surface area (Å²) in [7, 11) is -3.18. The Kier molecular flexibility index (Phi) is 4.92. The van der Waals surface area contributed by atoms with Crippen LogP contribution in [0.1, 0.15) is 37.9 Å². The van der Waals surface area contributed by atoms with Crippen LogP contribution in [0.15, 0.2) is 42.9 Å². The predicted molar refractivity (Wildman–Crippen MR) is 104 cm³/mol. The van der Waals surface area contributed by atoms with Crippen molar-refractivity contribution in [3.05, 3.63) is 48.7 Å². The molecule has 4 heterocycles. The first kappa shape index (κ1) is 18.1. The van der Waals surface area contributed by atoms with Crippen molar-refractivity contribution in [2.45, 2.75) is 32.1 Å². The molecule has 0 aliphatic carbocycles. The molecule has 0 N–H and O–H groups in total. The number of nitrogens with zero attached hydrogens (tertiary/aromatic N) is 5. The number of aromatic nitrogens is 4. The zero-order chi connectivity index (χ0) is 18.9. The fourth-order valence-corrected chi connectivity index (χ4v) is 5.16. The smallest absolute Gasteiger partial charge is 0.214 e. The van der Waals surface area contributed by atoms with Gasteiger partial charge in [-0.05, 0) is 37.5 Å². The summed E-state index contributed by atoms with van der Waals surface area (Å²) in [5.41, 5.74) is 2.81. The second-order valence-electron chi connectivity index (χ2n) is 6.95. The summed E-state index contributed by atoms with van der Waals surface area (Å²) < 4.78 is 28.2. The second kappa shape index (κ2) is 7.36. The molecule has 4 rings (SSSR count). The van der Waals surface area contributed by atoms with Crippen LogP contribution in [0.3, 0.4) is 0 Å². The van der Waals surface area contributed by atoms with E-state index in [1.54, 1.807) is 15.0 Å². The quantitative estimate of drug-likeness (QED) is 0.675. The van der Waals surface area contributed by atoms with Crippen LogP contribution in [0.4, 0.5) is 0 Å². The van der Waals surface area contributed by atoms with E-state index in [4.69, 9.17) is 0 Å². The van der Waals surface area contributed by atoms with E-state index in [0.717, 1.165) is 35.4 Å². The lowest BCUT2D eigenvalue weighted by Gasteiger charge is -2.30.